The number of fused-ring (bicyclic) bond motifs is 12. The monoisotopic (exact) mass is 754 g/mol. The highest BCUT2D eigenvalue weighted by molar-refractivity contribution is 5.95. The van der Waals surface area contributed by atoms with E-state index in [1.165, 1.54) is 11.1 Å². The number of benzene rings is 2. The van der Waals surface area contributed by atoms with E-state index in [0.717, 1.165) is 79.9 Å². The molecule has 55 heavy (non-hydrogen) atoms. The number of carbonyl (C=O) groups excluding carboxylic acids is 1. The summed E-state index contributed by atoms with van der Waals surface area (Å²) in [7, 11) is 3.32. The van der Waals surface area contributed by atoms with Gasteiger partial charge in [0.05, 0.1) is 38.3 Å². The molecule has 0 amide bonds. The number of aliphatic carboxylic acids is 1. The summed E-state index contributed by atoms with van der Waals surface area (Å²) in [6.45, 7) is 16.5. The second-order valence-electron chi connectivity index (χ2n) is 20.2. The van der Waals surface area contributed by atoms with Crippen LogP contribution in [0.4, 0.5) is 0 Å². The third-order valence-corrected chi connectivity index (χ3v) is 17.3. The lowest BCUT2D eigenvalue weighted by atomic mass is 9.33. The van der Waals surface area contributed by atoms with Gasteiger partial charge >= 0.3 is 5.97 Å². The van der Waals surface area contributed by atoms with Gasteiger partial charge in [-0.2, -0.15) is 0 Å². The van der Waals surface area contributed by atoms with Crippen LogP contribution in [0.15, 0.2) is 48.0 Å². The molecule has 0 saturated heterocycles. The molecule has 4 saturated carbocycles. The van der Waals surface area contributed by atoms with Crippen LogP contribution >= 0.6 is 0 Å². The number of methoxy groups -OCH3 is 2. The van der Waals surface area contributed by atoms with Crippen molar-refractivity contribution in [2.24, 2.45) is 50.2 Å². The van der Waals surface area contributed by atoms with Crippen molar-refractivity contribution >= 4 is 11.8 Å². The predicted octanol–water partition coefficient (Wildman–Crippen LogP) is 9.73. The van der Waals surface area contributed by atoms with Crippen LogP contribution in [-0.2, 0) is 9.59 Å². The smallest absolute Gasteiger partial charge is 0.309 e. The van der Waals surface area contributed by atoms with Crippen molar-refractivity contribution in [3.63, 3.8) is 0 Å². The van der Waals surface area contributed by atoms with E-state index in [2.05, 4.69) is 47.6 Å². The summed E-state index contributed by atoms with van der Waals surface area (Å²) >= 11 is 0. The zero-order valence-corrected chi connectivity index (χ0v) is 34.4. The summed E-state index contributed by atoms with van der Waals surface area (Å²) in [6, 6.07) is 11.9. The Morgan fingerprint density at radius 3 is 2.15 bits per heavy atom. The second kappa shape index (κ2) is 12.7. The molecule has 7 aliphatic rings. The van der Waals surface area contributed by atoms with E-state index in [0.29, 0.717) is 18.9 Å². The fraction of sp³-hybridized carbons (Fsp3) is 0.660. The summed E-state index contributed by atoms with van der Waals surface area (Å²) in [5, 5.41) is 20.9. The second-order valence-corrected chi connectivity index (χ2v) is 20.2. The maximum Gasteiger partial charge on any atom is 0.309 e. The van der Waals surface area contributed by atoms with Gasteiger partial charge in [-0.3, -0.25) is 9.59 Å². The Kier molecular flexibility index (Phi) is 8.89. The topological polar surface area (TPSA) is 112 Å². The molecule has 8 heteroatoms. The largest absolute Gasteiger partial charge is 0.497 e. The fourth-order valence-corrected chi connectivity index (χ4v) is 13.4. The standard InChI is InChI=1S/C30H46O4.C17H16O4/c1-25(2)21-8-11-30(7)23(28(21,5)10-9-22(25)32)20(31)16-18-19-17-27(4,24(33)34)13-12-26(19,3)14-15-29(18,30)6;1-18-10-4-6-13-15(7-10)20-9-14-12-5-3-11(19-2)8-16(12)21-17(13)14/h16,19,21-23,32H,8-15,17H2,1-7H3,(H,33,34);3-8,14,17H,9H2,1-2H3. The van der Waals surface area contributed by atoms with Gasteiger partial charge in [-0.15, -0.1) is 0 Å². The Morgan fingerprint density at radius 1 is 0.818 bits per heavy atom. The van der Waals surface area contributed by atoms with Gasteiger partial charge in [0.25, 0.3) is 0 Å². The van der Waals surface area contributed by atoms with Crippen LogP contribution in [0.1, 0.15) is 129 Å². The lowest BCUT2D eigenvalue weighted by molar-refractivity contribution is -0.202. The van der Waals surface area contributed by atoms with Crippen LogP contribution < -0.4 is 18.9 Å². The fourth-order valence-electron chi connectivity index (χ4n) is 13.4. The first kappa shape index (κ1) is 38.4. The molecule has 2 N–H and O–H groups in total. The van der Waals surface area contributed by atoms with Crippen molar-refractivity contribution in [2.45, 2.75) is 124 Å². The zero-order chi connectivity index (χ0) is 39.5. The van der Waals surface area contributed by atoms with E-state index < -0.39 is 11.4 Å². The van der Waals surface area contributed by atoms with Crippen molar-refractivity contribution in [2.75, 3.05) is 20.8 Å². The molecule has 5 aliphatic carbocycles. The van der Waals surface area contributed by atoms with Gasteiger partial charge in [-0.05, 0) is 128 Å². The molecule has 8 nitrogen and oxygen atoms in total. The van der Waals surface area contributed by atoms with Crippen molar-refractivity contribution in [1.82, 2.24) is 0 Å². The summed E-state index contributed by atoms with van der Waals surface area (Å²) in [6.07, 6.45) is 9.95. The highest BCUT2D eigenvalue weighted by atomic mass is 16.5. The van der Waals surface area contributed by atoms with Gasteiger partial charge in [0, 0.05) is 29.2 Å². The Morgan fingerprint density at radius 2 is 1.47 bits per heavy atom. The van der Waals surface area contributed by atoms with Crippen LogP contribution in [0.3, 0.4) is 0 Å². The molecular weight excluding hydrogens is 693 g/mol. The highest BCUT2D eigenvalue weighted by Gasteiger charge is 2.70. The number of ether oxygens (including phenoxy) is 4. The minimum absolute atomic E-state index is 0.00163. The molecule has 9 rings (SSSR count). The number of allylic oxidation sites excluding steroid dienone is 2. The van der Waals surface area contributed by atoms with Crippen molar-refractivity contribution in [1.29, 1.82) is 0 Å². The molecular formula is C47H62O8. The van der Waals surface area contributed by atoms with Crippen LogP contribution in [0, 0.1) is 50.2 Å². The number of ketones is 1. The van der Waals surface area contributed by atoms with Gasteiger partial charge in [-0.25, -0.2) is 0 Å². The van der Waals surface area contributed by atoms with E-state index in [1.807, 2.05) is 43.3 Å². The highest BCUT2D eigenvalue weighted by Crippen LogP contribution is 2.75. The predicted molar refractivity (Wildman–Crippen MR) is 211 cm³/mol. The third-order valence-electron chi connectivity index (χ3n) is 17.3. The van der Waals surface area contributed by atoms with E-state index in [-0.39, 0.29) is 62.8 Å². The van der Waals surface area contributed by atoms with E-state index in [4.69, 9.17) is 18.9 Å². The molecule has 2 aliphatic heterocycles. The van der Waals surface area contributed by atoms with Crippen LogP contribution in [0.2, 0.25) is 0 Å². The normalized spacial score (nSPS) is 41.6. The first-order valence-electron chi connectivity index (χ1n) is 20.7. The van der Waals surface area contributed by atoms with Gasteiger partial charge in [0.2, 0.25) is 0 Å². The minimum atomic E-state index is -0.711. The molecule has 4 fully saturated rings. The number of hydrogen-bond donors (Lipinski definition) is 2. The first-order valence-corrected chi connectivity index (χ1v) is 20.7. The lowest BCUT2D eigenvalue weighted by Gasteiger charge is -2.70. The number of hydrogen-bond acceptors (Lipinski definition) is 7. The molecule has 0 spiro atoms. The quantitative estimate of drug-likeness (QED) is 0.319. The molecule has 11 atom stereocenters. The Bertz CT molecular complexity index is 1930. The molecule has 11 unspecified atom stereocenters. The first-order chi connectivity index (χ1) is 25.8. The summed E-state index contributed by atoms with van der Waals surface area (Å²) in [5.41, 5.74) is 2.40. The van der Waals surface area contributed by atoms with Gasteiger partial charge in [0.15, 0.2) is 5.78 Å². The van der Waals surface area contributed by atoms with Crippen LogP contribution in [0.25, 0.3) is 0 Å². The van der Waals surface area contributed by atoms with Gasteiger partial charge in [0.1, 0.15) is 29.1 Å². The molecule has 2 aromatic rings. The lowest BCUT2D eigenvalue weighted by Crippen LogP contribution is -2.66. The number of carbonyl (C=O) groups is 2. The molecule has 0 radical (unpaired) electrons. The number of carboxylic acid groups (broad SMARTS) is 1. The Labute approximate surface area is 327 Å². The number of aliphatic hydroxyl groups excluding tert-OH is 1. The molecule has 2 heterocycles. The molecule has 298 valence electrons. The third kappa shape index (κ3) is 5.45. The van der Waals surface area contributed by atoms with Crippen LogP contribution in [-0.4, -0.2) is 48.9 Å². The van der Waals surface area contributed by atoms with Crippen molar-refractivity contribution in [3.05, 3.63) is 59.2 Å². The average Bonchev–Trinajstić information content (AvgIpc) is 3.53. The van der Waals surface area contributed by atoms with E-state index >= 15 is 0 Å². The Hall–Kier alpha value is -3.52. The SMILES string of the molecule is CC1(C(=O)O)CCC2(C)CCC3(C)C(=CC(=O)C4C5(C)CCC(O)C(C)(C)C5CCC43C)C2C1.COc1ccc2c(c1)OC1c3ccc(OC)cc3OCC21. The summed E-state index contributed by atoms with van der Waals surface area (Å²) in [4.78, 5) is 26.4. The Balaban J connectivity index is 0.000000173. The number of carboxylic acids is 1. The summed E-state index contributed by atoms with van der Waals surface area (Å²) in [5.74, 6) is 3.62. The average molecular weight is 755 g/mol. The van der Waals surface area contributed by atoms with Gasteiger partial charge < -0.3 is 29.2 Å². The molecule has 0 bridgehead atoms. The maximum atomic E-state index is 14.2. The maximum absolute atomic E-state index is 14.2. The van der Waals surface area contributed by atoms with Gasteiger partial charge in [-0.1, -0.05) is 53.2 Å². The van der Waals surface area contributed by atoms with Crippen molar-refractivity contribution in [3.8, 4) is 23.0 Å². The summed E-state index contributed by atoms with van der Waals surface area (Å²) < 4.78 is 22.6. The number of aliphatic hydroxyl groups is 1. The number of rotatable bonds is 3. The molecule has 2 aromatic carbocycles. The van der Waals surface area contributed by atoms with E-state index in [1.54, 1.807) is 14.2 Å². The molecule has 0 aromatic heterocycles. The minimum Gasteiger partial charge on any atom is -0.497 e. The zero-order valence-electron chi connectivity index (χ0n) is 34.4. The van der Waals surface area contributed by atoms with Crippen LogP contribution in [0.5, 0.6) is 23.0 Å². The van der Waals surface area contributed by atoms with E-state index in [9.17, 15) is 19.8 Å². The van der Waals surface area contributed by atoms with Crippen molar-refractivity contribution < 1.29 is 38.7 Å².